The molecule has 86 valence electrons. The molecule has 0 aromatic carbocycles. The summed E-state index contributed by atoms with van der Waals surface area (Å²) >= 11 is 1.83. The fourth-order valence-corrected chi connectivity index (χ4v) is 2.49. The second-order valence-electron chi connectivity index (χ2n) is 3.54. The summed E-state index contributed by atoms with van der Waals surface area (Å²) in [5.41, 5.74) is 1.17. The Kier molecular flexibility index (Phi) is 5.83. The maximum Gasteiger partial charge on any atom is 0.0931 e. The van der Waals surface area contributed by atoms with E-state index < -0.39 is 0 Å². The summed E-state index contributed by atoms with van der Waals surface area (Å²) in [7, 11) is 1.72. The largest absolute Gasteiger partial charge is 0.383 e. The molecule has 0 bridgehead atoms. The van der Waals surface area contributed by atoms with Crippen LogP contribution >= 0.6 is 11.3 Å². The van der Waals surface area contributed by atoms with Crippen molar-refractivity contribution in [2.45, 2.75) is 33.2 Å². The number of thiazole rings is 1. The van der Waals surface area contributed by atoms with Gasteiger partial charge in [-0.25, -0.2) is 4.98 Å². The third-order valence-electron chi connectivity index (χ3n) is 2.17. The van der Waals surface area contributed by atoms with E-state index in [0.29, 0.717) is 0 Å². The van der Waals surface area contributed by atoms with Crippen LogP contribution < -0.4 is 5.32 Å². The predicted octanol–water partition coefficient (Wildman–Crippen LogP) is 2.14. The van der Waals surface area contributed by atoms with Crippen LogP contribution in [0.3, 0.4) is 0 Å². The fraction of sp³-hybridized carbons (Fsp3) is 0.727. The Hall–Kier alpha value is -0.450. The molecule has 1 N–H and O–H groups in total. The van der Waals surface area contributed by atoms with Crippen LogP contribution in [0.25, 0.3) is 0 Å². The highest BCUT2D eigenvalue weighted by Crippen LogP contribution is 2.18. The number of methoxy groups -OCH3 is 1. The molecule has 0 aliphatic rings. The van der Waals surface area contributed by atoms with Crippen LogP contribution in [0.1, 0.15) is 28.9 Å². The van der Waals surface area contributed by atoms with E-state index in [1.165, 1.54) is 22.0 Å². The van der Waals surface area contributed by atoms with Gasteiger partial charge in [0, 0.05) is 25.1 Å². The molecule has 1 aromatic heterocycles. The van der Waals surface area contributed by atoms with Crippen molar-refractivity contribution in [1.29, 1.82) is 0 Å². The number of nitrogens with zero attached hydrogens (tertiary/aromatic N) is 1. The molecule has 1 rings (SSSR count). The summed E-state index contributed by atoms with van der Waals surface area (Å²) in [6.45, 7) is 6.85. The molecular formula is C11H20N2OS. The van der Waals surface area contributed by atoms with Crippen molar-refractivity contribution in [3.8, 4) is 0 Å². The normalized spacial score (nSPS) is 10.9. The van der Waals surface area contributed by atoms with Crippen molar-refractivity contribution in [2.24, 2.45) is 0 Å². The number of aryl methyl sites for hydroxylation is 2. The lowest BCUT2D eigenvalue weighted by molar-refractivity contribution is 0.199. The molecule has 0 aliphatic carbocycles. The van der Waals surface area contributed by atoms with Crippen LogP contribution in [0.15, 0.2) is 0 Å². The van der Waals surface area contributed by atoms with E-state index >= 15 is 0 Å². The number of hydrogen-bond acceptors (Lipinski definition) is 4. The predicted molar refractivity (Wildman–Crippen MR) is 64.4 cm³/mol. The number of hydrogen-bond donors (Lipinski definition) is 1. The average Bonchev–Trinajstić information content (AvgIpc) is 2.55. The molecule has 0 saturated carbocycles. The highest BCUT2D eigenvalue weighted by molar-refractivity contribution is 7.11. The molecule has 0 atom stereocenters. The lowest BCUT2D eigenvalue weighted by Gasteiger charge is -2.01. The van der Waals surface area contributed by atoms with Crippen molar-refractivity contribution in [2.75, 3.05) is 20.3 Å². The van der Waals surface area contributed by atoms with E-state index in [1.54, 1.807) is 7.11 Å². The van der Waals surface area contributed by atoms with Crippen molar-refractivity contribution < 1.29 is 4.74 Å². The minimum atomic E-state index is 0.764. The Morgan fingerprint density at radius 3 is 2.93 bits per heavy atom. The van der Waals surface area contributed by atoms with Crippen LogP contribution in [-0.2, 0) is 17.7 Å². The summed E-state index contributed by atoms with van der Waals surface area (Å²) < 4.78 is 4.98. The molecule has 1 heterocycles. The van der Waals surface area contributed by atoms with Crippen molar-refractivity contribution in [1.82, 2.24) is 10.3 Å². The van der Waals surface area contributed by atoms with Gasteiger partial charge in [-0.2, -0.15) is 0 Å². The van der Waals surface area contributed by atoms with Gasteiger partial charge in [-0.15, -0.1) is 11.3 Å². The first-order valence-electron chi connectivity index (χ1n) is 5.42. The van der Waals surface area contributed by atoms with E-state index in [4.69, 9.17) is 4.74 Å². The zero-order chi connectivity index (χ0) is 11.1. The van der Waals surface area contributed by atoms with Crippen molar-refractivity contribution >= 4 is 11.3 Å². The van der Waals surface area contributed by atoms with Gasteiger partial charge in [-0.1, -0.05) is 6.92 Å². The van der Waals surface area contributed by atoms with Crippen molar-refractivity contribution in [3.63, 3.8) is 0 Å². The third kappa shape index (κ3) is 4.28. The SMILES string of the molecule is CCCc1nc(C)c(CNCCOC)s1. The van der Waals surface area contributed by atoms with Crippen LogP contribution in [0.5, 0.6) is 0 Å². The number of aromatic nitrogens is 1. The van der Waals surface area contributed by atoms with Crippen LogP contribution in [-0.4, -0.2) is 25.2 Å². The Balaban J connectivity index is 2.39. The van der Waals surface area contributed by atoms with Gasteiger partial charge in [0.05, 0.1) is 17.3 Å². The molecule has 0 unspecified atom stereocenters. The molecule has 15 heavy (non-hydrogen) atoms. The van der Waals surface area contributed by atoms with Gasteiger partial charge in [-0.3, -0.25) is 0 Å². The molecule has 1 aromatic rings. The topological polar surface area (TPSA) is 34.2 Å². The van der Waals surface area contributed by atoms with Crippen LogP contribution in [0.2, 0.25) is 0 Å². The minimum absolute atomic E-state index is 0.764. The van der Waals surface area contributed by atoms with Gasteiger partial charge in [0.25, 0.3) is 0 Å². The van der Waals surface area contributed by atoms with Gasteiger partial charge in [0.15, 0.2) is 0 Å². The lowest BCUT2D eigenvalue weighted by Crippen LogP contribution is -2.18. The highest BCUT2D eigenvalue weighted by Gasteiger charge is 2.05. The second-order valence-corrected chi connectivity index (χ2v) is 4.70. The van der Waals surface area contributed by atoms with Crippen molar-refractivity contribution in [3.05, 3.63) is 15.6 Å². The monoisotopic (exact) mass is 228 g/mol. The Bertz CT molecular complexity index is 286. The Labute approximate surface area is 95.9 Å². The standard InChI is InChI=1S/C11H20N2OS/c1-4-5-11-13-9(2)10(15-11)8-12-6-7-14-3/h12H,4-8H2,1-3H3. The second kappa shape index (κ2) is 6.93. The molecule has 0 radical (unpaired) electrons. The third-order valence-corrected chi connectivity index (χ3v) is 3.39. The number of nitrogens with one attached hydrogen (secondary N) is 1. The summed E-state index contributed by atoms with van der Waals surface area (Å²) in [5, 5.41) is 4.61. The first-order chi connectivity index (χ1) is 7.27. The summed E-state index contributed by atoms with van der Waals surface area (Å²) in [6, 6.07) is 0. The van der Waals surface area contributed by atoms with E-state index in [1.807, 2.05) is 11.3 Å². The van der Waals surface area contributed by atoms with E-state index in [-0.39, 0.29) is 0 Å². The van der Waals surface area contributed by atoms with Gasteiger partial charge in [0.2, 0.25) is 0 Å². The molecule has 3 nitrogen and oxygen atoms in total. The smallest absolute Gasteiger partial charge is 0.0931 e. The first-order valence-corrected chi connectivity index (χ1v) is 6.24. The van der Waals surface area contributed by atoms with E-state index in [9.17, 15) is 0 Å². The van der Waals surface area contributed by atoms with Gasteiger partial charge in [0.1, 0.15) is 0 Å². The van der Waals surface area contributed by atoms with Gasteiger partial charge < -0.3 is 10.1 Å². The van der Waals surface area contributed by atoms with Crippen LogP contribution in [0.4, 0.5) is 0 Å². The molecule has 0 fully saturated rings. The first kappa shape index (κ1) is 12.6. The summed E-state index contributed by atoms with van der Waals surface area (Å²) in [4.78, 5) is 5.90. The molecule has 0 spiro atoms. The van der Waals surface area contributed by atoms with E-state index in [2.05, 4.69) is 24.1 Å². The van der Waals surface area contributed by atoms with Gasteiger partial charge in [-0.05, 0) is 19.8 Å². The fourth-order valence-electron chi connectivity index (χ4n) is 1.35. The lowest BCUT2D eigenvalue weighted by atomic mass is 10.3. The highest BCUT2D eigenvalue weighted by atomic mass is 32.1. The summed E-state index contributed by atoms with van der Waals surface area (Å²) in [6.07, 6.45) is 2.27. The number of ether oxygens (including phenoxy) is 1. The maximum atomic E-state index is 4.98. The summed E-state index contributed by atoms with van der Waals surface area (Å²) in [5.74, 6) is 0. The molecule has 0 aliphatic heterocycles. The van der Waals surface area contributed by atoms with E-state index in [0.717, 1.165) is 26.1 Å². The minimum Gasteiger partial charge on any atom is -0.383 e. The quantitative estimate of drug-likeness (QED) is 0.726. The molecular weight excluding hydrogens is 208 g/mol. The zero-order valence-electron chi connectivity index (χ0n) is 9.80. The zero-order valence-corrected chi connectivity index (χ0v) is 10.6. The maximum absolute atomic E-state index is 4.98. The average molecular weight is 228 g/mol. The van der Waals surface area contributed by atoms with Crippen LogP contribution in [0, 0.1) is 6.92 Å². The Morgan fingerprint density at radius 1 is 1.47 bits per heavy atom. The molecule has 4 heteroatoms. The molecule has 0 saturated heterocycles. The number of rotatable bonds is 7. The Morgan fingerprint density at radius 2 is 2.27 bits per heavy atom. The van der Waals surface area contributed by atoms with Gasteiger partial charge >= 0.3 is 0 Å². The molecule has 0 amide bonds.